The molecule has 2 saturated heterocycles. The van der Waals surface area contributed by atoms with Gasteiger partial charge in [-0.25, -0.2) is 0 Å². The van der Waals surface area contributed by atoms with Crippen molar-refractivity contribution in [2.75, 3.05) is 32.9 Å². The van der Waals surface area contributed by atoms with Gasteiger partial charge in [0.1, 0.15) is 6.10 Å². The zero-order valence-corrected chi connectivity index (χ0v) is 15.0. The Hall–Kier alpha value is -2.11. The zero-order chi connectivity index (χ0) is 17.8. The van der Waals surface area contributed by atoms with Gasteiger partial charge in [-0.05, 0) is 30.5 Å². The van der Waals surface area contributed by atoms with Crippen molar-refractivity contribution < 1.29 is 14.3 Å². The fourth-order valence-corrected chi connectivity index (χ4v) is 4.07. The highest BCUT2D eigenvalue weighted by Crippen LogP contribution is 2.34. The number of amides is 1. The highest BCUT2D eigenvalue weighted by molar-refractivity contribution is 5.77. The second kappa shape index (κ2) is 7.64. The number of ether oxygens (including phenoxy) is 2. The molecule has 0 spiro atoms. The van der Waals surface area contributed by atoms with Gasteiger partial charge >= 0.3 is 0 Å². The Kier molecular flexibility index (Phi) is 5.09. The number of nitrogens with zero attached hydrogens (tertiary/aromatic N) is 2. The van der Waals surface area contributed by atoms with Crippen molar-refractivity contribution in [1.29, 1.82) is 0 Å². The fraction of sp³-hybridized carbons (Fsp3) is 0.476. The molecule has 0 aliphatic carbocycles. The molecule has 1 atom stereocenters. The summed E-state index contributed by atoms with van der Waals surface area (Å²) in [7, 11) is 0. The van der Waals surface area contributed by atoms with E-state index in [1.807, 2.05) is 35.2 Å². The topological polar surface area (TPSA) is 43.7 Å². The van der Waals surface area contributed by atoms with Gasteiger partial charge < -0.3 is 18.9 Å². The molecule has 1 aromatic carbocycles. The normalized spacial score (nSPS) is 22.9. The molecular formula is C21H26N2O3. The van der Waals surface area contributed by atoms with Crippen LogP contribution in [0.3, 0.4) is 0 Å². The molecule has 0 N–H and O–H groups in total. The van der Waals surface area contributed by atoms with Gasteiger partial charge in [0.25, 0.3) is 0 Å². The first-order chi connectivity index (χ1) is 12.8. The number of rotatable bonds is 4. The molecule has 2 aromatic rings. The van der Waals surface area contributed by atoms with Crippen LogP contribution in [0.4, 0.5) is 0 Å². The molecule has 0 bridgehead atoms. The molecule has 2 aliphatic heterocycles. The van der Waals surface area contributed by atoms with Gasteiger partial charge in [-0.1, -0.05) is 30.3 Å². The number of carbonyl (C=O) groups is 1. The number of hydrogen-bond acceptors (Lipinski definition) is 3. The van der Waals surface area contributed by atoms with E-state index in [-0.39, 0.29) is 17.6 Å². The Morgan fingerprint density at radius 3 is 2.50 bits per heavy atom. The predicted molar refractivity (Wildman–Crippen MR) is 98.8 cm³/mol. The van der Waals surface area contributed by atoms with E-state index in [1.165, 1.54) is 0 Å². The molecule has 0 radical (unpaired) electrons. The number of aromatic nitrogens is 1. The van der Waals surface area contributed by atoms with E-state index in [4.69, 9.17) is 9.47 Å². The Labute approximate surface area is 154 Å². The van der Waals surface area contributed by atoms with E-state index in [1.54, 1.807) is 0 Å². The van der Waals surface area contributed by atoms with Crippen LogP contribution in [0.5, 0.6) is 0 Å². The van der Waals surface area contributed by atoms with Gasteiger partial charge in [-0.3, -0.25) is 4.79 Å². The molecule has 2 aliphatic rings. The first-order valence-corrected chi connectivity index (χ1v) is 9.42. The molecule has 0 unspecified atom stereocenters. The standard InChI is InChI=1S/C21H26N2O3/c24-20(16-21(8-13-25-14-9-21)23-10-4-5-11-23)22-12-15-26-19(17-22)18-6-2-1-3-7-18/h1-7,10-11,19H,8-9,12-17H2/t19-/m1/s1. The lowest BCUT2D eigenvalue weighted by Gasteiger charge is -2.41. The SMILES string of the molecule is O=C(CC1(n2cccc2)CCOCC1)N1CCO[C@@H](c2ccccc2)C1. The van der Waals surface area contributed by atoms with Crippen molar-refractivity contribution in [1.82, 2.24) is 9.47 Å². The third-order valence-electron chi connectivity index (χ3n) is 5.65. The summed E-state index contributed by atoms with van der Waals surface area (Å²) in [5.41, 5.74) is 0.968. The van der Waals surface area contributed by atoms with Crippen molar-refractivity contribution in [3.05, 3.63) is 60.4 Å². The van der Waals surface area contributed by atoms with Crippen LogP contribution in [0, 0.1) is 0 Å². The lowest BCUT2D eigenvalue weighted by atomic mass is 9.85. The maximum atomic E-state index is 13.2. The Balaban J connectivity index is 1.48. The van der Waals surface area contributed by atoms with Crippen LogP contribution in [-0.4, -0.2) is 48.3 Å². The molecule has 138 valence electrons. The maximum absolute atomic E-state index is 13.2. The Morgan fingerprint density at radius 2 is 1.77 bits per heavy atom. The van der Waals surface area contributed by atoms with Crippen molar-refractivity contribution in [3.8, 4) is 0 Å². The van der Waals surface area contributed by atoms with E-state index >= 15 is 0 Å². The molecule has 5 nitrogen and oxygen atoms in total. The smallest absolute Gasteiger partial charge is 0.225 e. The number of carbonyl (C=O) groups excluding carboxylic acids is 1. The molecule has 4 rings (SSSR count). The number of hydrogen-bond donors (Lipinski definition) is 0. The summed E-state index contributed by atoms with van der Waals surface area (Å²) >= 11 is 0. The summed E-state index contributed by atoms with van der Waals surface area (Å²) in [5, 5.41) is 0. The van der Waals surface area contributed by atoms with Crippen LogP contribution in [0.15, 0.2) is 54.9 Å². The molecule has 1 aromatic heterocycles. The third kappa shape index (κ3) is 3.55. The third-order valence-corrected chi connectivity index (χ3v) is 5.65. The lowest BCUT2D eigenvalue weighted by Crippen LogP contribution is -2.48. The van der Waals surface area contributed by atoms with Crippen molar-refractivity contribution in [2.45, 2.75) is 30.9 Å². The first-order valence-electron chi connectivity index (χ1n) is 9.42. The van der Waals surface area contributed by atoms with E-state index < -0.39 is 0 Å². The molecule has 5 heteroatoms. The summed E-state index contributed by atoms with van der Waals surface area (Å²) in [6.07, 6.45) is 6.38. The van der Waals surface area contributed by atoms with Gasteiger partial charge in [-0.2, -0.15) is 0 Å². The summed E-state index contributed by atoms with van der Waals surface area (Å²) in [6, 6.07) is 14.2. The highest BCUT2D eigenvalue weighted by Gasteiger charge is 2.38. The minimum atomic E-state index is -0.167. The van der Waals surface area contributed by atoms with Gasteiger partial charge in [0.15, 0.2) is 0 Å². The van der Waals surface area contributed by atoms with Crippen LogP contribution >= 0.6 is 0 Å². The van der Waals surface area contributed by atoms with Gasteiger partial charge in [0, 0.05) is 32.2 Å². The molecule has 2 fully saturated rings. The molecule has 1 amide bonds. The molecule has 26 heavy (non-hydrogen) atoms. The Bertz CT molecular complexity index is 708. The van der Waals surface area contributed by atoms with E-state index in [0.29, 0.717) is 39.3 Å². The van der Waals surface area contributed by atoms with Gasteiger partial charge in [0.05, 0.1) is 25.1 Å². The number of benzene rings is 1. The average Bonchev–Trinajstić information content (AvgIpc) is 3.25. The lowest BCUT2D eigenvalue weighted by molar-refractivity contribution is -0.142. The number of morpholine rings is 1. The van der Waals surface area contributed by atoms with E-state index in [2.05, 4.69) is 29.1 Å². The predicted octanol–water partition coefficient (Wildman–Crippen LogP) is 2.98. The minimum Gasteiger partial charge on any atom is -0.381 e. The summed E-state index contributed by atoms with van der Waals surface area (Å²) < 4.78 is 13.7. The van der Waals surface area contributed by atoms with Crippen LogP contribution in [0.1, 0.15) is 30.9 Å². The van der Waals surface area contributed by atoms with Crippen LogP contribution in [0.25, 0.3) is 0 Å². The summed E-state index contributed by atoms with van der Waals surface area (Å²) in [5.74, 6) is 0.213. The highest BCUT2D eigenvalue weighted by atomic mass is 16.5. The van der Waals surface area contributed by atoms with Crippen LogP contribution < -0.4 is 0 Å². The van der Waals surface area contributed by atoms with Gasteiger partial charge in [-0.15, -0.1) is 0 Å². The fourth-order valence-electron chi connectivity index (χ4n) is 4.07. The van der Waals surface area contributed by atoms with Crippen molar-refractivity contribution in [3.63, 3.8) is 0 Å². The second-order valence-electron chi connectivity index (χ2n) is 7.21. The Morgan fingerprint density at radius 1 is 1.04 bits per heavy atom. The zero-order valence-electron chi connectivity index (χ0n) is 15.0. The summed E-state index contributed by atoms with van der Waals surface area (Å²) in [4.78, 5) is 15.1. The quantitative estimate of drug-likeness (QED) is 0.848. The summed E-state index contributed by atoms with van der Waals surface area (Å²) in [6.45, 7) is 3.30. The van der Waals surface area contributed by atoms with Crippen molar-refractivity contribution in [2.24, 2.45) is 0 Å². The first kappa shape index (κ1) is 17.3. The molecule has 0 saturated carbocycles. The molecule has 3 heterocycles. The monoisotopic (exact) mass is 354 g/mol. The van der Waals surface area contributed by atoms with Crippen molar-refractivity contribution >= 4 is 5.91 Å². The average molecular weight is 354 g/mol. The van der Waals surface area contributed by atoms with Crippen LogP contribution in [0.2, 0.25) is 0 Å². The van der Waals surface area contributed by atoms with E-state index in [9.17, 15) is 4.79 Å². The second-order valence-corrected chi connectivity index (χ2v) is 7.21. The minimum absolute atomic E-state index is 0.0360. The van der Waals surface area contributed by atoms with Crippen LogP contribution in [-0.2, 0) is 19.8 Å². The van der Waals surface area contributed by atoms with E-state index in [0.717, 1.165) is 18.4 Å². The maximum Gasteiger partial charge on any atom is 0.225 e. The molecular weight excluding hydrogens is 328 g/mol. The largest absolute Gasteiger partial charge is 0.381 e. The van der Waals surface area contributed by atoms with Gasteiger partial charge in [0.2, 0.25) is 5.91 Å².